The van der Waals surface area contributed by atoms with E-state index in [1.807, 2.05) is 0 Å². The molecule has 0 bridgehead atoms. The molecule has 128 valence electrons. The average Bonchev–Trinajstić information content (AvgIpc) is 2.45. The van der Waals surface area contributed by atoms with E-state index >= 15 is 0 Å². The standard InChI is InChI=1S/C16H14F3NO3S/c1-10-6-7-13(24(2,22)23)9-14(10)15(21)20-12-5-3-4-11(8-12)16(17,18)19/h3-9H,1-2H3,(H,20,21). The number of halogens is 3. The third-order valence-electron chi connectivity index (χ3n) is 3.33. The van der Waals surface area contributed by atoms with Crippen LogP contribution in [-0.4, -0.2) is 20.6 Å². The highest BCUT2D eigenvalue weighted by Crippen LogP contribution is 2.30. The molecular formula is C16H14F3NO3S. The van der Waals surface area contributed by atoms with Gasteiger partial charge in [0.2, 0.25) is 0 Å². The van der Waals surface area contributed by atoms with Crippen LogP contribution in [0.2, 0.25) is 0 Å². The molecule has 0 unspecified atom stereocenters. The van der Waals surface area contributed by atoms with Gasteiger partial charge in [-0.3, -0.25) is 4.79 Å². The second-order valence-corrected chi connectivity index (χ2v) is 7.30. The fourth-order valence-electron chi connectivity index (χ4n) is 2.05. The van der Waals surface area contributed by atoms with Gasteiger partial charge in [0.15, 0.2) is 9.84 Å². The van der Waals surface area contributed by atoms with E-state index in [4.69, 9.17) is 0 Å². The first kappa shape index (κ1) is 18.0. The van der Waals surface area contributed by atoms with Gasteiger partial charge in [0, 0.05) is 17.5 Å². The number of carbonyl (C=O) groups excluding carboxylic acids is 1. The van der Waals surface area contributed by atoms with Crippen molar-refractivity contribution in [3.8, 4) is 0 Å². The maximum atomic E-state index is 12.7. The van der Waals surface area contributed by atoms with Gasteiger partial charge in [0.1, 0.15) is 0 Å². The Morgan fingerprint density at radius 2 is 1.75 bits per heavy atom. The maximum absolute atomic E-state index is 12.7. The van der Waals surface area contributed by atoms with Gasteiger partial charge in [0.25, 0.3) is 5.91 Å². The highest BCUT2D eigenvalue weighted by atomic mass is 32.2. The summed E-state index contributed by atoms with van der Waals surface area (Å²) in [6, 6.07) is 8.25. The Labute approximate surface area is 137 Å². The summed E-state index contributed by atoms with van der Waals surface area (Å²) in [7, 11) is -3.50. The van der Waals surface area contributed by atoms with E-state index in [2.05, 4.69) is 5.32 Å². The number of alkyl halides is 3. The SMILES string of the molecule is Cc1ccc(S(C)(=O)=O)cc1C(=O)Nc1cccc(C(F)(F)F)c1. The van der Waals surface area contributed by atoms with Crippen molar-refractivity contribution >= 4 is 21.4 Å². The molecule has 0 radical (unpaired) electrons. The molecule has 2 rings (SSSR count). The van der Waals surface area contributed by atoms with Crippen LogP contribution in [0.4, 0.5) is 18.9 Å². The van der Waals surface area contributed by atoms with Crippen LogP contribution >= 0.6 is 0 Å². The van der Waals surface area contributed by atoms with Crippen molar-refractivity contribution in [1.82, 2.24) is 0 Å². The Bertz CT molecular complexity index is 890. The Balaban J connectivity index is 2.34. The summed E-state index contributed by atoms with van der Waals surface area (Å²) in [4.78, 5) is 12.2. The minimum Gasteiger partial charge on any atom is -0.322 e. The van der Waals surface area contributed by atoms with Gasteiger partial charge in [-0.1, -0.05) is 12.1 Å². The smallest absolute Gasteiger partial charge is 0.322 e. The molecule has 4 nitrogen and oxygen atoms in total. The predicted octanol–water partition coefficient (Wildman–Crippen LogP) is 3.67. The third-order valence-corrected chi connectivity index (χ3v) is 4.44. The van der Waals surface area contributed by atoms with Crippen molar-refractivity contribution in [2.45, 2.75) is 18.0 Å². The van der Waals surface area contributed by atoms with E-state index in [1.54, 1.807) is 6.92 Å². The first-order valence-electron chi connectivity index (χ1n) is 6.78. The number of hydrogen-bond donors (Lipinski definition) is 1. The summed E-state index contributed by atoms with van der Waals surface area (Å²) in [6.07, 6.45) is -3.51. The monoisotopic (exact) mass is 357 g/mol. The minimum atomic E-state index is -4.52. The highest BCUT2D eigenvalue weighted by Gasteiger charge is 2.30. The largest absolute Gasteiger partial charge is 0.416 e. The van der Waals surface area contributed by atoms with E-state index in [9.17, 15) is 26.4 Å². The first-order chi connectivity index (χ1) is 11.0. The summed E-state index contributed by atoms with van der Waals surface area (Å²) in [5.74, 6) is -0.683. The van der Waals surface area contributed by atoms with Crippen LogP contribution in [0.1, 0.15) is 21.5 Å². The molecule has 0 saturated carbocycles. The molecule has 0 aliphatic heterocycles. The number of aryl methyl sites for hydroxylation is 1. The third kappa shape index (κ3) is 4.14. The van der Waals surface area contributed by atoms with Crippen LogP contribution in [0.25, 0.3) is 0 Å². The number of sulfone groups is 1. The Kier molecular flexibility index (Phi) is 4.70. The van der Waals surface area contributed by atoms with Crippen molar-refractivity contribution in [2.24, 2.45) is 0 Å². The quantitative estimate of drug-likeness (QED) is 0.912. The molecule has 0 saturated heterocycles. The van der Waals surface area contributed by atoms with Gasteiger partial charge in [0.05, 0.1) is 10.5 Å². The molecule has 0 atom stereocenters. The van der Waals surface area contributed by atoms with Crippen molar-refractivity contribution in [2.75, 3.05) is 11.6 Å². The Hall–Kier alpha value is -2.35. The lowest BCUT2D eigenvalue weighted by Crippen LogP contribution is -2.15. The predicted molar refractivity (Wildman–Crippen MR) is 83.7 cm³/mol. The van der Waals surface area contributed by atoms with Gasteiger partial charge in [-0.25, -0.2) is 8.42 Å². The number of hydrogen-bond acceptors (Lipinski definition) is 3. The van der Waals surface area contributed by atoms with Gasteiger partial charge in [-0.2, -0.15) is 13.2 Å². The Morgan fingerprint density at radius 1 is 1.08 bits per heavy atom. The zero-order chi connectivity index (χ0) is 18.1. The lowest BCUT2D eigenvalue weighted by atomic mass is 10.1. The van der Waals surface area contributed by atoms with E-state index in [-0.39, 0.29) is 16.1 Å². The molecule has 0 fully saturated rings. The number of nitrogens with one attached hydrogen (secondary N) is 1. The first-order valence-corrected chi connectivity index (χ1v) is 8.67. The maximum Gasteiger partial charge on any atom is 0.416 e. The van der Waals surface area contributed by atoms with Crippen LogP contribution in [0.15, 0.2) is 47.4 Å². The summed E-state index contributed by atoms with van der Waals surface area (Å²) >= 11 is 0. The number of anilines is 1. The van der Waals surface area contributed by atoms with Crippen LogP contribution in [0, 0.1) is 6.92 Å². The van der Waals surface area contributed by atoms with Crippen LogP contribution in [-0.2, 0) is 16.0 Å². The summed E-state index contributed by atoms with van der Waals surface area (Å²) < 4.78 is 61.2. The zero-order valence-electron chi connectivity index (χ0n) is 12.8. The zero-order valence-corrected chi connectivity index (χ0v) is 13.6. The topological polar surface area (TPSA) is 63.2 Å². The normalized spacial score (nSPS) is 12.0. The van der Waals surface area contributed by atoms with E-state index in [0.717, 1.165) is 18.4 Å². The second-order valence-electron chi connectivity index (χ2n) is 5.28. The molecular weight excluding hydrogens is 343 g/mol. The van der Waals surface area contributed by atoms with Crippen molar-refractivity contribution in [3.63, 3.8) is 0 Å². The van der Waals surface area contributed by atoms with E-state index in [0.29, 0.717) is 5.56 Å². The molecule has 1 amide bonds. The van der Waals surface area contributed by atoms with Crippen molar-refractivity contribution in [3.05, 3.63) is 59.2 Å². The molecule has 2 aromatic carbocycles. The number of rotatable bonds is 3. The fraction of sp³-hybridized carbons (Fsp3) is 0.188. The summed E-state index contributed by atoms with van der Waals surface area (Å²) in [6.45, 7) is 1.60. The lowest BCUT2D eigenvalue weighted by Gasteiger charge is -2.11. The second kappa shape index (κ2) is 6.27. The fourth-order valence-corrected chi connectivity index (χ4v) is 2.70. The van der Waals surface area contributed by atoms with Gasteiger partial charge < -0.3 is 5.32 Å². The van der Waals surface area contributed by atoms with Gasteiger partial charge in [-0.15, -0.1) is 0 Å². The van der Waals surface area contributed by atoms with Gasteiger partial charge in [-0.05, 0) is 42.8 Å². The lowest BCUT2D eigenvalue weighted by molar-refractivity contribution is -0.137. The van der Waals surface area contributed by atoms with Crippen LogP contribution in [0.3, 0.4) is 0 Å². The number of amides is 1. The van der Waals surface area contributed by atoms with Crippen LogP contribution in [0.5, 0.6) is 0 Å². The molecule has 24 heavy (non-hydrogen) atoms. The molecule has 0 aliphatic rings. The highest BCUT2D eigenvalue weighted by molar-refractivity contribution is 7.90. The molecule has 0 heterocycles. The van der Waals surface area contributed by atoms with Gasteiger partial charge >= 0.3 is 6.18 Å². The van der Waals surface area contributed by atoms with E-state index in [1.165, 1.54) is 30.3 Å². The summed E-state index contributed by atoms with van der Waals surface area (Å²) in [5, 5.41) is 2.36. The average molecular weight is 357 g/mol. The summed E-state index contributed by atoms with van der Waals surface area (Å²) in [5.41, 5.74) is -0.330. The molecule has 0 aromatic heterocycles. The van der Waals surface area contributed by atoms with Crippen LogP contribution < -0.4 is 5.32 Å². The van der Waals surface area contributed by atoms with E-state index < -0.39 is 27.5 Å². The van der Waals surface area contributed by atoms with Crippen molar-refractivity contribution in [1.29, 1.82) is 0 Å². The minimum absolute atomic E-state index is 0.0287. The Morgan fingerprint density at radius 3 is 2.33 bits per heavy atom. The molecule has 0 aliphatic carbocycles. The molecule has 1 N–H and O–H groups in total. The van der Waals surface area contributed by atoms with Crippen molar-refractivity contribution < 1.29 is 26.4 Å². The number of carbonyl (C=O) groups is 1. The molecule has 2 aromatic rings. The number of benzene rings is 2. The molecule has 8 heteroatoms. The molecule has 0 spiro atoms.